The number of ether oxygens (including phenoxy) is 1. The van der Waals surface area contributed by atoms with Gasteiger partial charge >= 0.3 is 0 Å². The second-order valence-corrected chi connectivity index (χ2v) is 3.90. The Morgan fingerprint density at radius 3 is 2.88 bits per heavy atom. The fourth-order valence-corrected chi connectivity index (χ4v) is 1.56. The lowest BCUT2D eigenvalue weighted by Gasteiger charge is -2.06. The second-order valence-electron chi connectivity index (χ2n) is 3.08. The molecule has 0 fully saturated rings. The lowest BCUT2D eigenvalue weighted by atomic mass is 10.3. The van der Waals surface area contributed by atoms with Gasteiger partial charge < -0.3 is 10.1 Å². The van der Waals surface area contributed by atoms with Crippen molar-refractivity contribution in [1.29, 1.82) is 0 Å². The molecule has 2 aromatic rings. The number of nitrogens with zero attached hydrogens (tertiary/aromatic N) is 2. The number of anilines is 2. The molecule has 82 valence electrons. The Kier molecular flexibility index (Phi) is 3.36. The minimum atomic E-state index is 0.732. The molecule has 0 amide bonds. The summed E-state index contributed by atoms with van der Waals surface area (Å²) >= 11 is 3.29. The van der Waals surface area contributed by atoms with Crippen molar-refractivity contribution in [1.82, 2.24) is 9.97 Å². The summed E-state index contributed by atoms with van der Waals surface area (Å²) in [6.07, 6.45) is 1.49. The van der Waals surface area contributed by atoms with E-state index in [1.807, 2.05) is 24.3 Å². The lowest BCUT2D eigenvalue weighted by molar-refractivity contribution is 0.415. The Balaban J connectivity index is 2.20. The van der Waals surface area contributed by atoms with Crippen LogP contribution in [0, 0.1) is 0 Å². The van der Waals surface area contributed by atoms with Gasteiger partial charge in [-0.1, -0.05) is 6.07 Å². The van der Waals surface area contributed by atoms with E-state index in [1.165, 1.54) is 6.33 Å². The van der Waals surface area contributed by atoms with Crippen molar-refractivity contribution in [2.75, 3.05) is 12.4 Å². The average molecular weight is 280 g/mol. The summed E-state index contributed by atoms with van der Waals surface area (Å²) in [5.41, 5.74) is 0.921. The monoisotopic (exact) mass is 279 g/mol. The van der Waals surface area contributed by atoms with E-state index >= 15 is 0 Å². The van der Waals surface area contributed by atoms with E-state index in [9.17, 15) is 0 Å². The van der Waals surface area contributed by atoms with Crippen LogP contribution in [0.4, 0.5) is 11.5 Å². The molecule has 0 spiro atoms. The SMILES string of the molecule is COc1cccc(Nc2cc(Br)ncn2)c1. The molecule has 0 saturated carbocycles. The van der Waals surface area contributed by atoms with E-state index in [2.05, 4.69) is 31.2 Å². The third-order valence-electron chi connectivity index (χ3n) is 1.98. The van der Waals surface area contributed by atoms with Gasteiger partial charge in [0.15, 0.2) is 0 Å². The van der Waals surface area contributed by atoms with Gasteiger partial charge in [0.1, 0.15) is 22.5 Å². The molecule has 2 rings (SSSR count). The van der Waals surface area contributed by atoms with Gasteiger partial charge in [-0.15, -0.1) is 0 Å². The van der Waals surface area contributed by atoms with Crippen LogP contribution in [0.3, 0.4) is 0 Å². The van der Waals surface area contributed by atoms with Crippen LogP contribution in [0.1, 0.15) is 0 Å². The van der Waals surface area contributed by atoms with E-state index in [1.54, 1.807) is 13.2 Å². The van der Waals surface area contributed by atoms with Gasteiger partial charge in [-0.2, -0.15) is 0 Å². The Labute approximate surface area is 102 Å². The summed E-state index contributed by atoms with van der Waals surface area (Å²) in [6.45, 7) is 0. The highest BCUT2D eigenvalue weighted by atomic mass is 79.9. The molecule has 1 aromatic heterocycles. The van der Waals surface area contributed by atoms with Crippen molar-refractivity contribution in [3.63, 3.8) is 0 Å². The Morgan fingerprint density at radius 2 is 2.12 bits per heavy atom. The highest BCUT2D eigenvalue weighted by Crippen LogP contribution is 2.20. The predicted molar refractivity (Wildman–Crippen MR) is 66.0 cm³/mol. The molecule has 1 N–H and O–H groups in total. The van der Waals surface area contributed by atoms with Crippen molar-refractivity contribution in [3.8, 4) is 5.75 Å². The molecule has 0 radical (unpaired) electrons. The fraction of sp³-hybridized carbons (Fsp3) is 0.0909. The first-order valence-electron chi connectivity index (χ1n) is 4.66. The van der Waals surface area contributed by atoms with E-state index in [0.29, 0.717) is 0 Å². The molecule has 0 unspecified atom stereocenters. The molecule has 1 heterocycles. The van der Waals surface area contributed by atoms with Gasteiger partial charge in [-0.05, 0) is 28.1 Å². The third-order valence-corrected chi connectivity index (χ3v) is 2.41. The molecule has 16 heavy (non-hydrogen) atoms. The number of methoxy groups -OCH3 is 1. The maximum atomic E-state index is 5.13. The van der Waals surface area contributed by atoms with Gasteiger partial charge in [0.25, 0.3) is 0 Å². The highest BCUT2D eigenvalue weighted by Gasteiger charge is 1.98. The molecule has 1 aromatic carbocycles. The summed E-state index contributed by atoms with van der Waals surface area (Å²) in [6, 6.07) is 9.45. The Morgan fingerprint density at radius 1 is 1.25 bits per heavy atom. The molecule has 5 heteroatoms. The number of hydrogen-bond donors (Lipinski definition) is 1. The van der Waals surface area contributed by atoms with Gasteiger partial charge in [0.05, 0.1) is 7.11 Å². The lowest BCUT2D eigenvalue weighted by Crippen LogP contribution is -1.94. The van der Waals surface area contributed by atoms with Crippen LogP contribution in [-0.4, -0.2) is 17.1 Å². The largest absolute Gasteiger partial charge is 0.497 e. The molecule has 0 aliphatic heterocycles. The van der Waals surface area contributed by atoms with Crippen molar-refractivity contribution in [2.45, 2.75) is 0 Å². The summed E-state index contributed by atoms with van der Waals surface area (Å²) in [5.74, 6) is 1.54. The number of aromatic nitrogens is 2. The smallest absolute Gasteiger partial charge is 0.134 e. The summed E-state index contributed by atoms with van der Waals surface area (Å²) in [5, 5.41) is 3.16. The van der Waals surface area contributed by atoms with Crippen LogP contribution in [0.5, 0.6) is 5.75 Å². The summed E-state index contributed by atoms with van der Waals surface area (Å²) in [7, 11) is 1.64. The van der Waals surface area contributed by atoms with Crippen molar-refractivity contribution < 1.29 is 4.74 Å². The first kappa shape index (κ1) is 10.9. The van der Waals surface area contributed by atoms with Crippen molar-refractivity contribution in [2.24, 2.45) is 0 Å². The van der Waals surface area contributed by atoms with Crippen molar-refractivity contribution in [3.05, 3.63) is 41.3 Å². The van der Waals surface area contributed by atoms with Gasteiger partial charge in [0, 0.05) is 17.8 Å². The zero-order chi connectivity index (χ0) is 11.4. The molecule has 0 atom stereocenters. The molecule has 0 aliphatic rings. The van der Waals surface area contributed by atoms with Crippen LogP contribution >= 0.6 is 15.9 Å². The summed E-state index contributed by atoms with van der Waals surface area (Å²) < 4.78 is 5.88. The maximum Gasteiger partial charge on any atom is 0.134 e. The minimum absolute atomic E-state index is 0.732. The van der Waals surface area contributed by atoms with Crippen LogP contribution in [0.15, 0.2) is 41.3 Å². The average Bonchev–Trinajstić information content (AvgIpc) is 2.29. The predicted octanol–water partition coefficient (Wildman–Crippen LogP) is 2.99. The van der Waals surface area contributed by atoms with Crippen LogP contribution in [0.2, 0.25) is 0 Å². The quantitative estimate of drug-likeness (QED) is 0.878. The molecule has 0 aliphatic carbocycles. The van der Waals surface area contributed by atoms with Crippen LogP contribution in [-0.2, 0) is 0 Å². The number of halogens is 1. The molecule has 0 bridgehead atoms. The highest BCUT2D eigenvalue weighted by molar-refractivity contribution is 9.10. The zero-order valence-corrected chi connectivity index (χ0v) is 10.2. The van der Waals surface area contributed by atoms with E-state index < -0.39 is 0 Å². The summed E-state index contributed by atoms with van der Waals surface area (Å²) in [4.78, 5) is 8.05. The normalized spacial score (nSPS) is 9.88. The number of benzene rings is 1. The topological polar surface area (TPSA) is 47.0 Å². The molecular weight excluding hydrogens is 270 g/mol. The fourth-order valence-electron chi connectivity index (χ4n) is 1.25. The first-order chi connectivity index (χ1) is 7.78. The Bertz CT molecular complexity index is 490. The second kappa shape index (κ2) is 4.94. The number of rotatable bonds is 3. The number of nitrogens with one attached hydrogen (secondary N) is 1. The van der Waals surface area contributed by atoms with Gasteiger partial charge in [0.2, 0.25) is 0 Å². The zero-order valence-electron chi connectivity index (χ0n) is 8.64. The van der Waals surface area contributed by atoms with Crippen molar-refractivity contribution >= 4 is 27.4 Å². The van der Waals surface area contributed by atoms with Gasteiger partial charge in [-0.3, -0.25) is 0 Å². The molecule has 0 saturated heterocycles. The number of hydrogen-bond acceptors (Lipinski definition) is 4. The van der Waals surface area contributed by atoms with E-state index in [4.69, 9.17) is 4.74 Å². The standard InChI is InChI=1S/C11H10BrN3O/c1-16-9-4-2-3-8(5-9)15-11-6-10(12)13-7-14-11/h2-7H,1H3,(H,13,14,15). The van der Waals surface area contributed by atoms with E-state index in [0.717, 1.165) is 21.9 Å². The van der Waals surface area contributed by atoms with E-state index in [-0.39, 0.29) is 0 Å². The maximum absolute atomic E-state index is 5.13. The third kappa shape index (κ3) is 2.70. The first-order valence-corrected chi connectivity index (χ1v) is 5.46. The Hall–Kier alpha value is -1.62. The van der Waals surface area contributed by atoms with Crippen LogP contribution in [0.25, 0.3) is 0 Å². The van der Waals surface area contributed by atoms with Gasteiger partial charge in [-0.25, -0.2) is 9.97 Å². The molecule has 4 nitrogen and oxygen atoms in total. The molecular formula is C11H10BrN3O. The van der Waals surface area contributed by atoms with Crippen LogP contribution < -0.4 is 10.1 Å². The minimum Gasteiger partial charge on any atom is -0.497 e.